The van der Waals surface area contributed by atoms with Gasteiger partial charge >= 0.3 is 12.1 Å². The summed E-state index contributed by atoms with van der Waals surface area (Å²) in [5.74, 6) is -0.393. The molecule has 0 rings (SSSR count). The SMILES string of the molecule is CC(C)=CCC/C(C)=C\CO/C(O)=C/[N+]#N. The number of nitrogens with zero attached hydrogens (tertiary/aromatic N) is 2. The fourth-order valence-electron chi connectivity index (χ4n) is 1.05. The maximum Gasteiger partial charge on any atom is 0.429 e. The Morgan fingerprint density at radius 3 is 2.56 bits per heavy atom. The molecule has 0 unspecified atom stereocenters. The maximum atomic E-state index is 8.96. The second-order valence-corrected chi connectivity index (χ2v) is 3.76. The third-order valence-electron chi connectivity index (χ3n) is 1.92. The van der Waals surface area contributed by atoms with Gasteiger partial charge in [-0.3, -0.25) is 0 Å². The van der Waals surface area contributed by atoms with Gasteiger partial charge in [0, 0.05) is 0 Å². The average Bonchev–Trinajstić information content (AvgIpc) is 2.17. The van der Waals surface area contributed by atoms with Crippen molar-refractivity contribution in [3.05, 3.63) is 40.4 Å². The zero-order chi connectivity index (χ0) is 12.4. The van der Waals surface area contributed by atoms with Crippen LogP contribution in [-0.2, 0) is 4.74 Å². The van der Waals surface area contributed by atoms with Crippen LogP contribution in [0.15, 0.2) is 35.4 Å². The summed E-state index contributed by atoms with van der Waals surface area (Å²) < 4.78 is 4.85. The zero-order valence-corrected chi connectivity index (χ0v) is 10.1. The van der Waals surface area contributed by atoms with E-state index in [-0.39, 0.29) is 6.61 Å². The van der Waals surface area contributed by atoms with Gasteiger partial charge in [0.25, 0.3) is 0 Å². The van der Waals surface area contributed by atoms with E-state index in [1.165, 1.54) is 11.1 Å². The van der Waals surface area contributed by atoms with Crippen LogP contribution in [0, 0.1) is 5.39 Å². The minimum absolute atomic E-state index is 0.276. The summed E-state index contributed by atoms with van der Waals surface area (Å²) in [5, 5.41) is 17.1. The number of diazo groups is 1. The van der Waals surface area contributed by atoms with E-state index in [0.29, 0.717) is 0 Å². The molecule has 0 aliphatic rings. The monoisotopic (exact) mass is 223 g/mol. The largest absolute Gasteiger partial charge is 0.476 e. The Balaban J connectivity index is 3.84. The smallest absolute Gasteiger partial charge is 0.429 e. The van der Waals surface area contributed by atoms with Gasteiger partial charge in [-0.1, -0.05) is 17.2 Å². The quantitative estimate of drug-likeness (QED) is 0.422. The van der Waals surface area contributed by atoms with Crippen molar-refractivity contribution in [3.63, 3.8) is 0 Å². The van der Waals surface area contributed by atoms with E-state index in [4.69, 9.17) is 15.2 Å². The summed E-state index contributed by atoms with van der Waals surface area (Å²) in [5.41, 5.74) is 2.51. The lowest BCUT2D eigenvalue weighted by atomic mass is 10.1. The number of ether oxygens (including phenoxy) is 1. The van der Waals surface area contributed by atoms with Crippen LogP contribution >= 0.6 is 0 Å². The van der Waals surface area contributed by atoms with Crippen LogP contribution in [-0.4, -0.2) is 11.7 Å². The second-order valence-electron chi connectivity index (χ2n) is 3.76. The molecule has 0 radical (unpaired) electrons. The maximum absolute atomic E-state index is 8.96. The zero-order valence-electron chi connectivity index (χ0n) is 10.1. The van der Waals surface area contributed by atoms with Gasteiger partial charge in [0.15, 0.2) is 4.98 Å². The molecular formula is C12H19N2O2+. The van der Waals surface area contributed by atoms with E-state index in [0.717, 1.165) is 19.0 Å². The summed E-state index contributed by atoms with van der Waals surface area (Å²) in [7, 11) is 0. The molecule has 0 bridgehead atoms. The minimum Gasteiger partial charge on any atom is -0.476 e. The van der Waals surface area contributed by atoms with Gasteiger partial charge in [0.2, 0.25) is 5.39 Å². The Kier molecular flexibility index (Phi) is 7.60. The van der Waals surface area contributed by atoms with E-state index in [1.807, 2.05) is 13.0 Å². The van der Waals surface area contributed by atoms with Crippen LogP contribution in [0.5, 0.6) is 0 Å². The molecule has 0 spiro atoms. The van der Waals surface area contributed by atoms with Crippen molar-refractivity contribution in [2.45, 2.75) is 33.6 Å². The highest BCUT2D eigenvalue weighted by Crippen LogP contribution is 2.06. The van der Waals surface area contributed by atoms with Crippen LogP contribution in [0.2, 0.25) is 0 Å². The fraction of sp³-hybridized carbons (Fsp3) is 0.500. The van der Waals surface area contributed by atoms with Crippen LogP contribution in [0.3, 0.4) is 0 Å². The van der Waals surface area contributed by atoms with Crippen molar-refractivity contribution in [2.24, 2.45) is 0 Å². The highest BCUT2D eigenvalue weighted by Gasteiger charge is 1.98. The Morgan fingerprint density at radius 1 is 1.31 bits per heavy atom. The summed E-state index contributed by atoms with van der Waals surface area (Å²) in [4.78, 5) is 2.64. The number of rotatable bonds is 6. The van der Waals surface area contributed by atoms with E-state index in [2.05, 4.69) is 24.9 Å². The minimum atomic E-state index is -0.393. The number of aliphatic hydroxyl groups excluding tert-OH is 1. The highest BCUT2D eigenvalue weighted by atomic mass is 16.6. The molecule has 16 heavy (non-hydrogen) atoms. The lowest BCUT2D eigenvalue weighted by molar-refractivity contribution is 0.112. The first-order valence-electron chi connectivity index (χ1n) is 5.21. The molecule has 0 heterocycles. The van der Waals surface area contributed by atoms with Crippen molar-refractivity contribution in [3.8, 4) is 0 Å². The molecular weight excluding hydrogens is 204 g/mol. The number of hydrogen-bond donors (Lipinski definition) is 1. The summed E-state index contributed by atoms with van der Waals surface area (Å²) >= 11 is 0. The molecule has 1 N–H and O–H groups in total. The predicted octanol–water partition coefficient (Wildman–Crippen LogP) is 3.91. The molecule has 0 atom stereocenters. The third kappa shape index (κ3) is 8.82. The number of hydrogen-bond acceptors (Lipinski definition) is 3. The van der Waals surface area contributed by atoms with Gasteiger partial charge in [-0.25, -0.2) is 0 Å². The lowest BCUT2D eigenvalue weighted by Gasteiger charge is -2.00. The van der Waals surface area contributed by atoms with E-state index in [1.54, 1.807) is 0 Å². The van der Waals surface area contributed by atoms with Crippen LogP contribution < -0.4 is 0 Å². The van der Waals surface area contributed by atoms with Crippen LogP contribution in [0.25, 0.3) is 4.98 Å². The Labute approximate surface area is 96.6 Å². The Hall–Kier alpha value is -1.76. The standard InChI is InChI=1S/C12H18N2O2/c1-10(2)5-4-6-11(3)7-8-16-12(15)9-14-13/h5,7,9H,4,6,8H2,1-3H3/p+1/b11-7-,12-9+. The second kappa shape index (κ2) is 8.54. The molecule has 0 aliphatic heterocycles. The molecule has 88 valence electrons. The first kappa shape index (κ1) is 14.2. The van der Waals surface area contributed by atoms with Crippen molar-refractivity contribution in [1.29, 1.82) is 5.39 Å². The molecule has 4 heteroatoms. The van der Waals surface area contributed by atoms with Gasteiger partial charge in [-0.15, -0.1) is 0 Å². The fourth-order valence-corrected chi connectivity index (χ4v) is 1.05. The van der Waals surface area contributed by atoms with Gasteiger partial charge in [-0.05, 0) is 39.7 Å². The third-order valence-corrected chi connectivity index (χ3v) is 1.92. The number of aliphatic hydroxyl groups is 1. The Bertz CT molecular complexity index is 331. The Morgan fingerprint density at radius 2 is 2.00 bits per heavy atom. The van der Waals surface area contributed by atoms with Gasteiger partial charge in [0.05, 0.1) is 0 Å². The van der Waals surface area contributed by atoms with Crippen molar-refractivity contribution in [2.75, 3.05) is 6.61 Å². The van der Waals surface area contributed by atoms with Crippen molar-refractivity contribution in [1.82, 2.24) is 0 Å². The molecule has 0 aromatic heterocycles. The topological polar surface area (TPSA) is 57.6 Å². The highest BCUT2D eigenvalue weighted by molar-refractivity contribution is 5.02. The molecule has 4 nitrogen and oxygen atoms in total. The van der Waals surface area contributed by atoms with E-state index >= 15 is 0 Å². The van der Waals surface area contributed by atoms with Gasteiger partial charge in [-0.2, -0.15) is 0 Å². The van der Waals surface area contributed by atoms with Crippen LogP contribution in [0.1, 0.15) is 33.6 Å². The summed E-state index contributed by atoms with van der Waals surface area (Å²) in [6, 6.07) is 0. The van der Waals surface area contributed by atoms with Gasteiger partial charge in [0.1, 0.15) is 6.61 Å². The first-order chi connectivity index (χ1) is 7.56. The molecule has 0 saturated carbocycles. The van der Waals surface area contributed by atoms with E-state index in [9.17, 15) is 0 Å². The van der Waals surface area contributed by atoms with Crippen LogP contribution in [0.4, 0.5) is 0 Å². The van der Waals surface area contributed by atoms with Crippen molar-refractivity contribution >= 4 is 0 Å². The molecule has 0 fully saturated rings. The number of allylic oxidation sites excluding steroid dienone is 3. The van der Waals surface area contributed by atoms with Gasteiger partial charge < -0.3 is 9.84 Å². The lowest BCUT2D eigenvalue weighted by Crippen LogP contribution is -1.91. The summed E-state index contributed by atoms with van der Waals surface area (Å²) in [6.45, 7) is 6.44. The normalized spacial score (nSPS) is 11.9. The first-order valence-corrected chi connectivity index (χ1v) is 5.21. The molecule has 0 saturated heterocycles. The molecule has 0 amide bonds. The molecule has 0 aliphatic carbocycles. The average molecular weight is 223 g/mol. The predicted molar refractivity (Wildman–Crippen MR) is 64.2 cm³/mol. The molecule has 0 aromatic carbocycles. The molecule has 0 aromatic rings. The summed E-state index contributed by atoms with van der Waals surface area (Å²) in [6.07, 6.45) is 6.90. The van der Waals surface area contributed by atoms with E-state index < -0.39 is 5.95 Å². The van der Waals surface area contributed by atoms with Crippen molar-refractivity contribution < 1.29 is 9.84 Å².